The molecule has 0 aliphatic rings. The van der Waals surface area contributed by atoms with Crippen LogP contribution in [0.1, 0.15) is 6.92 Å². The van der Waals surface area contributed by atoms with E-state index in [0.717, 1.165) is 14.0 Å². The number of hydrogen-bond donors (Lipinski definition) is 0. The lowest BCUT2D eigenvalue weighted by Gasteiger charge is -1.90. The first kappa shape index (κ1) is 10.2. The van der Waals surface area contributed by atoms with Crippen molar-refractivity contribution in [3.8, 4) is 0 Å². The molecule has 0 N–H and O–H groups in total. The topological polar surface area (TPSA) is 96.8 Å². The van der Waals surface area contributed by atoms with E-state index >= 15 is 0 Å². The largest absolute Gasteiger partial charge is 0.463 e. The maximum Gasteiger partial charge on any atom is 0.411 e. The van der Waals surface area contributed by atoms with Gasteiger partial charge in [-0.2, -0.15) is 4.79 Å². The molecule has 0 aliphatic carbocycles. The number of nitrogens with zero attached hydrogens (tertiary/aromatic N) is 2. The zero-order chi connectivity index (χ0) is 9.72. The molecule has 0 saturated carbocycles. The number of carbonyl (C=O) groups is 3. The Labute approximate surface area is 67.7 Å². The van der Waals surface area contributed by atoms with E-state index in [1.54, 1.807) is 0 Å². The minimum Gasteiger partial charge on any atom is -0.463 e. The first-order valence-corrected chi connectivity index (χ1v) is 2.90. The Balaban J connectivity index is 4.81. The van der Waals surface area contributed by atoms with Crippen molar-refractivity contribution in [3.05, 3.63) is 5.53 Å². The Kier molecular flexibility index (Phi) is 3.52. The van der Waals surface area contributed by atoms with E-state index in [1.165, 1.54) is 0 Å². The molecule has 0 bridgehead atoms. The van der Waals surface area contributed by atoms with E-state index < -0.39 is 23.2 Å². The van der Waals surface area contributed by atoms with Gasteiger partial charge in [0.15, 0.2) is 0 Å². The van der Waals surface area contributed by atoms with Crippen LogP contribution in [0.3, 0.4) is 0 Å². The van der Waals surface area contributed by atoms with Crippen LogP contribution in [0.15, 0.2) is 0 Å². The lowest BCUT2D eigenvalue weighted by molar-refractivity contribution is -0.150. The van der Waals surface area contributed by atoms with Crippen LogP contribution >= 0.6 is 0 Å². The minimum absolute atomic E-state index is 0.798. The highest BCUT2D eigenvalue weighted by atomic mass is 16.5. The van der Waals surface area contributed by atoms with Crippen molar-refractivity contribution < 1.29 is 23.9 Å². The molecule has 0 saturated heterocycles. The zero-order valence-electron chi connectivity index (χ0n) is 6.53. The van der Waals surface area contributed by atoms with Crippen molar-refractivity contribution in [2.75, 3.05) is 7.11 Å². The van der Waals surface area contributed by atoms with Crippen molar-refractivity contribution in [1.82, 2.24) is 0 Å². The number of methoxy groups -OCH3 is 1. The fraction of sp³-hybridized carbons (Fsp3) is 0.333. The number of rotatable bonds is 3. The summed E-state index contributed by atoms with van der Waals surface area (Å²) in [5, 5.41) is 0. The second-order valence-electron chi connectivity index (χ2n) is 1.83. The molecule has 6 nitrogen and oxygen atoms in total. The summed E-state index contributed by atoms with van der Waals surface area (Å²) >= 11 is 0. The van der Waals surface area contributed by atoms with Gasteiger partial charge >= 0.3 is 17.5 Å². The first-order chi connectivity index (χ1) is 5.54. The monoisotopic (exact) mass is 170 g/mol. The predicted octanol–water partition coefficient (Wildman–Crippen LogP) is -1.01. The smallest absolute Gasteiger partial charge is 0.411 e. The van der Waals surface area contributed by atoms with Gasteiger partial charge < -0.3 is 10.3 Å². The number of Topliss-reactive ketones (excluding diaryl/α,β-unsaturated/α-hetero) is 2. The number of ether oxygens (including phenoxy) is 1. The molecule has 0 aromatic rings. The third kappa shape index (κ3) is 2.10. The molecule has 0 aromatic heterocycles. The Morgan fingerprint density at radius 1 is 1.33 bits per heavy atom. The van der Waals surface area contributed by atoms with Gasteiger partial charge in [-0.3, -0.25) is 9.59 Å². The van der Waals surface area contributed by atoms with Crippen molar-refractivity contribution in [2.45, 2.75) is 6.92 Å². The predicted molar refractivity (Wildman–Crippen MR) is 36.3 cm³/mol. The molecule has 0 aliphatic heterocycles. The summed E-state index contributed by atoms with van der Waals surface area (Å²) < 4.78 is 4.01. The average Bonchev–Trinajstić information content (AvgIpc) is 2.03. The highest BCUT2D eigenvalue weighted by Crippen LogP contribution is 1.83. The SMILES string of the molecule is COC(=O)C(=O)C(=[N+]=[N-])C(C)=O. The standard InChI is InChI=1S/C6H6N2O4/c1-3(9)4(8-7)5(10)6(11)12-2/h1-2H3. The van der Waals surface area contributed by atoms with E-state index in [4.69, 9.17) is 5.53 Å². The summed E-state index contributed by atoms with van der Waals surface area (Å²) in [4.78, 5) is 34.2. The van der Waals surface area contributed by atoms with Crippen LogP contribution in [0.5, 0.6) is 0 Å². The van der Waals surface area contributed by atoms with Gasteiger partial charge in [0.2, 0.25) is 5.78 Å². The maximum absolute atomic E-state index is 10.8. The summed E-state index contributed by atoms with van der Waals surface area (Å²) in [5.41, 5.74) is 7.32. The van der Waals surface area contributed by atoms with Crippen LogP contribution < -0.4 is 0 Å². The van der Waals surface area contributed by atoms with Gasteiger partial charge in [-0.15, -0.1) is 0 Å². The molecule has 12 heavy (non-hydrogen) atoms. The number of carbonyl (C=O) groups excluding carboxylic acids is 3. The van der Waals surface area contributed by atoms with Gasteiger partial charge in [0, 0.05) is 6.92 Å². The van der Waals surface area contributed by atoms with Crippen LogP contribution in [-0.2, 0) is 19.1 Å². The molecule has 0 amide bonds. The normalized spacial score (nSPS) is 8.17. The number of ketones is 2. The van der Waals surface area contributed by atoms with E-state index in [2.05, 4.69) is 9.53 Å². The highest BCUT2D eigenvalue weighted by Gasteiger charge is 2.32. The molecule has 0 aromatic carbocycles. The van der Waals surface area contributed by atoms with Gasteiger partial charge in [-0.05, 0) is 0 Å². The lowest BCUT2D eigenvalue weighted by Crippen LogP contribution is -2.30. The van der Waals surface area contributed by atoms with Crippen LogP contribution in [-0.4, -0.2) is 35.1 Å². The second-order valence-corrected chi connectivity index (χ2v) is 1.83. The molecule has 0 spiro atoms. The molecular formula is C6H6N2O4. The third-order valence-electron chi connectivity index (χ3n) is 1.02. The Morgan fingerprint density at radius 2 is 1.83 bits per heavy atom. The maximum atomic E-state index is 10.8. The van der Waals surface area contributed by atoms with E-state index in [-0.39, 0.29) is 0 Å². The number of esters is 1. The quantitative estimate of drug-likeness (QED) is 0.135. The van der Waals surface area contributed by atoms with Gasteiger partial charge in [0.05, 0.1) is 7.11 Å². The Hall–Kier alpha value is -1.81. The zero-order valence-corrected chi connectivity index (χ0v) is 6.53. The van der Waals surface area contributed by atoms with Crippen LogP contribution in [0.2, 0.25) is 0 Å². The highest BCUT2D eigenvalue weighted by molar-refractivity contribution is 6.77. The van der Waals surface area contributed by atoms with Crippen molar-refractivity contribution in [2.24, 2.45) is 0 Å². The van der Waals surface area contributed by atoms with Crippen molar-refractivity contribution in [3.63, 3.8) is 0 Å². The summed E-state index contributed by atoms with van der Waals surface area (Å²) in [6.45, 7) is 0.996. The van der Waals surface area contributed by atoms with E-state index in [9.17, 15) is 14.4 Å². The summed E-state index contributed by atoms with van der Waals surface area (Å²) in [5.74, 6) is -3.29. The van der Waals surface area contributed by atoms with Gasteiger partial charge in [0.25, 0.3) is 0 Å². The van der Waals surface area contributed by atoms with Gasteiger partial charge in [-0.1, -0.05) is 0 Å². The first-order valence-electron chi connectivity index (χ1n) is 2.90. The second kappa shape index (κ2) is 4.15. The average molecular weight is 170 g/mol. The molecule has 0 fully saturated rings. The van der Waals surface area contributed by atoms with Crippen LogP contribution in [0.25, 0.3) is 5.53 Å². The molecular weight excluding hydrogens is 164 g/mol. The third-order valence-corrected chi connectivity index (χ3v) is 1.02. The Bertz CT molecular complexity index is 288. The number of hydrogen-bond acceptors (Lipinski definition) is 4. The van der Waals surface area contributed by atoms with Crippen molar-refractivity contribution in [1.29, 1.82) is 0 Å². The fourth-order valence-corrected chi connectivity index (χ4v) is 0.465. The molecule has 0 unspecified atom stereocenters. The van der Waals surface area contributed by atoms with Crippen LogP contribution in [0, 0.1) is 0 Å². The minimum atomic E-state index is -1.26. The van der Waals surface area contributed by atoms with E-state index in [0.29, 0.717) is 0 Å². The molecule has 64 valence electrons. The van der Waals surface area contributed by atoms with Crippen molar-refractivity contribution >= 4 is 23.2 Å². The van der Waals surface area contributed by atoms with E-state index in [1.807, 2.05) is 0 Å². The van der Waals surface area contributed by atoms with Crippen LogP contribution in [0.4, 0.5) is 0 Å². The summed E-state index contributed by atoms with van der Waals surface area (Å²) in [6, 6.07) is 0. The molecule has 0 rings (SSSR count). The molecule has 0 atom stereocenters. The summed E-state index contributed by atoms with van der Waals surface area (Å²) in [7, 11) is 0.982. The van der Waals surface area contributed by atoms with Gasteiger partial charge in [-0.25, -0.2) is 4.79 Å². The molecule has 6 heteroatoms. The lowest BCUT2D eigenvalue weighted by atomic mass is 10.2. The Morgan fingerprint density at radius 3 is 2.08 bits per heavy atom. The van der Waals surface area contributed by atoms with Gasteiger partial charge in [0.1, 0.15) is 0 Å². The molecule has 0 heterocycles. The summed E-state index contributed by atoms with van der Waals surface area (Å²) in [6.07, 6.45) is 0. The molecule has 0 radical (unpaired) electrons. The fourth-order valence-electron chi connectivity index (χ4n) is 0.465.